The Hall–Kier alpha value is -3.10. The highest BCUT2D eigenvalue weighted by Gasteiger charge is 2.45. The van der Waals surface area contributed by atoms with E-state index in [1.165, 1.54) is 10.8 Å². The first-order chi connectivity index (χ1) is 26.2. The highest BCUT2D eigenvalue weighted by molar-refractivity contribution is 8.07. The number of methoxy groups -OCH3 is 2. The molecule has 0 saturated carbocycles. The third-order valence-corrected chi connectivity index (χ3v) is 12.6. The zero-order valence-corrected chi connectivity index (χ0v) is 34.6. The number of rotatable bonds is 13. The zero-order valence-electron chi connectivity index (χ0n) is 29.1. The van der Waals surface area contributed by atoms with Crippen molar-refractivity contribution < 1.29 is 32.9 Å². The molecule has 5 aromatic rings. The van der Waals surface area contributed by atoms with E-state index in [2.05, 4.69) is 4.98 Å². The number of hydrogen-bond donors (Lipinski definition) is 2. The second-order valence-electron chi connectivity index (χ2n) is 12.3. The van der Waals surface area contributed by atoms with Crippen molar-refractivity contribution in [2.45, 2.75) is 37.4 Å². The smallest absolute Gasteiger partial charge is 0.378 e. The summed E-state index contributed by atoms with van der Waals surface area (Å²) in [6, 6.07) is 24.4. The standard InChI is InChI=1S/C37H32Cl5N2O9PS/c1-20-18-44(36(46)43-35(20)45)28-17-26(52-54(47,55)53-34-32(41)30(39)29(38)31(40)33(34)42)27(51-28)19-50-37(21-7-5-4-6-8-21,22-9-13-24(48-2)14-10-22)23-11-15-25(49-3)16-12-23/h4-16,18,26-28H,17,19H2,1-3H3,(H,47,55)(H,43,45,46)/t26-,27+,28+,54?/m0/s1. The molecular formula is C37H32Cl5N2O9PS. The van der Waals surface area contributed by atoms with E-state index >= 15 is 0 Å². The van der Waals surface area contributed by atoms with Gasteiger partial charge in [0.1, 0.15) is 45.6 Å². The monoisotopic (exact) mass is 886 g/mol. The second-order valence-corrected chi connectivity index (χ2v) is 16.9. The maximum absolute atomic E-state index is 13.0. The average Bonchev–Trinajstić information content (AvgIpc) is 3.58. The average molecular weight is 889 g/mol. The van der Waals surface area contributed by atoms with E-state index in [4.69, 9.17) is 97.8 Å². The summed E-state index contributed by atoms with van der Waals surface area (Å²) in [4.78, 5) is 39.1. The van der Waals surface area contributed by atoms with E-state index in [0.29, 0.717) is 11.5 Å². The van der Waals surface area contributed by atoms with Gasteiger partial charge in [0.15, 0.2) is 5.75 Å². The molecule has 6 rings (SSSR count). The number of aromatic nitrogens is 2. The molecule has 1 aliphatic rings. The number of benzene rings is 4. The van der Waals surface area contributed by atoms with Crippen molar-refractivity contribution in [2.75, 3.05) is 20.8 Å². The number of halogens is 5. The Balaban J connectivity index is 1.42. The van der Waals surface area contributed by atoms with E-state index in [9.17, 15) is 14.5 Å². The van der Waals surface area contributed by atoms with Crippen LogP contribution in [0.3, 0.4) is 0 Å². The molecule has 0 amide bonds. The van der Waals surface area contributed by atoms with Gasteiger partial charge in [0, 0.05) is 30.0 Å². The summed E-state index contributed by atoms with van der Waals surface area (Å²) in [6.07, 6.45) is -1.76. The summed E-state index contributed by atoms with van der Waals surface area (Å²) < 4.78 is 37.5. The fraction of sp³-hybridized carbons (Fsp3) is 0.243. The van der Waals surface area contributed by atoms with Crippen LogP contribution in [-0.2, 0) is 31.4 Å². The number of aromatic amines is 1. The molecule has 4 aromatic carbocycles. The normalized spacial score (nSPS) is 18.2. The fourth-order valence-electron chi connectivity index (χ4n) is 6.19. The number of ether oxygens (including phenoxy) is 4. The van der Waals surface area contributed by atoms with Crippen molar-refractivity contribution >= 4 is 76.5 Å². The Kier molecular flexibility index (Phi) is 13.0. The van der Waals surface area contributed by atoms with Gasteiger partial charge >= 0.3 is 12.4 Å². The van der Waals surface area contributed by atoms with Gasteiger partial charge in [-0.1, -0.05) is 113 Å². The van der Waals surface area contributed by atoms with Gasteiger partial charge < -0.3 is 28.4 Å². The van der Waals surface area contributed by atoms with E-state index in [-0.39, 0.29) is 49.5 Å². The first-order valence-electron chi connectivity index (χ1n) is 16.4. The van der Waals surface area contributed by atoms with Crippen LogP contribution < -0.4 is 25.2 Å². The molecule has 1 aliphatic heterocycles. The van der Waals surface area contributed by atoms with Gasteiger partial charge in [-0.05, 0) is 47.9 Å². The van der Waals surface area contributed by atoms with Crippen molar-refractivity contribution in [3.05, 3.63) is 153 Å². The molecule has 1 aromatic heterocycles. The summed E-state index contributed by atoms with van der Waals surface area (Å²) in [5, 5.41) is -0.995. The fourth-order valence-corrected chi connectivity index (χ4v) is 9.07. The molecule has 2 N–H and O–H groups in total. The Morgan fingerprint density at radius 1 is 0.836 bits per heavy atom. The third-order valence-electron chi connectivity index (χ3n) is 8.92. The molecule has 11 nitrogen and oxygen atoms in total. The summed E-state index contributed by atoms with van der Waals surface area (Å²) >= 11 is 36.8. The first kappa shape index (κ1) is 41.5. The lowest BCUT2D eigenvalue weighted by Crippen LogP contribution is -2.38. The summed E-state index contributed by atoms with van der Waals surface area (Å²) in [5.41, 5.74) is -0.0435. The Labute approximate surface area is 345 Å². The van der Waals surface area contributed by atoms with Crippen LogP contribution in [-0.4, -0.2) is 47.5 Å². The maximum atomic E-state index is 13.0. The Morgan fingerprint density at radius 2 is 1.35 bits per heavy atom. The van der Waals surface area contributed by atoms with Gasteiger partial charge in [0.25, 0.3) is 5.56 Å². The van der Waals surface area contributed by atoms with Crippen LogP contribution in [0, 0.1) is 6.92 Å². The van der Waals surface area contributed by atoms with Gasteiger partial charge in [-0.2, -0.15) is 0 Å². The van der Waals surface area contributed by atoms with E-state index in [0.717, 1.165) is 16.7 Å². The Morgan fingerprint density at radius 3 is 1.87 bits per heavy atom. The van der Waals surface area contributed by atoms with Crippen LogP contribution in [0.1, 0.15) is 34.9 Å². The predicted molar refractivity (Wildman–Crippen MR) is 216 cm³/mol. The summed E-state index contributed by atoms with van der Waals surface area (Å²) in [6.45, 7) is -2.96. The van der Waals surface area contributed by atoms with Crippen molar-refractivity contribution in [1.82, 2.24) is 9.55 Å². The van der Waals surface area contributed by atoms with Crippen molar-refractivity contribution in [3.63, 3.8) is 0 Å². The number of H-pyrrole nitrogens is 1. The van der Waals surface area contributed by atoms with Crippen LogP contribution in [0.15, 0.2) is 94.6 Å². The minimum atomic E-state index is -4.32. The molecule has 0 spiro atoms. The quantitative estimate of drug-likeness (QED) is 0.0511. The summed E-state index contributed by atoms with van der Waals surface area (Å²) in [5.74, 6) is 0.927. The molecule has 18 heteroatoms. The predicted octanol–water partition coefficient (Wildman–Crippen LogP) is 9.11. The number of aryl methyl sites for hydroxylation is 1. The minimum Gasteiger partial charge on any atom is -0.497 e. The largest absolute Gasteiger partial charge is 0.497 e. The van der Waals surface area contributed by atoms with Gasteiger partial charge in [0.05, 0.1) is 35.9 Å². The number of hydrogen-bond acceptors (Lipinski definition) is 9. The lowest BCUT2D eigenvalue weighted by Gasteiger charge is -2.37. The van der Waals surface area contributed by atoms with Gasteiger partial charge in [0.2, 0.25) is 0 Å². The van der Waals surface area contributed by atoms with Crippen LogP contribution in [0.2, 0.25) is 25.1 Å². The molecule has 55 heavy (non-hydrogen) atoms. The highest BCUT2D eigenvalue weighted by atomic mass is 35.5. The molecule has 4 atom stereocenters. The molecule has 290 valence electrons. The highest BCUT2D eigenvalue weighted by Crippen LogP contribution is 2.56. The van der Waals surface area contributed by atoms with Crippen LogP contribution in [0.25, 0.3) is 0 Å². The third kappa shape index (κ3) is 8.61. The van der Waals surface area contributed by atoms with E-state index in [1.54, 1.807) is 21.1 Å². The summed E-state index contributed by atoms with van der Waals surface area (Å²) in [7, 11) is 3.15. The molecule has 1 saturated heterocycles. The van der Waals surface area contributed by atoms with Crippen molar-refractivity contribution in [1.29, 1.82) is 0 Å². The van der Waals surface area contributed by atoms with Crippen molar-refractivity contribution in [3.8, 4) is 17.2 Å². The van der Waals surface area contributed by atoms with Gasteiger partial charge in [-0.3, -0.25) is 18.9 Å². The molecule has 1 fully saturated rings. The number of nitrogens with zero attached hydrogens (tertiary/aromatic N) is 1. The van der Waals surface area contributed by atoms with Crippen LogP contribution in [0.5, 0.6) is 17.2 Å². The van der Waals surface area contributed by atoms with E-state index in [1.807, 2.05) is 78.9 Å². The SMILES string of the molecule is COc1ccc(C(OC[C@H]2O[C@@H](n3cc(C)c(=O)[nH]c3=O)C[C@@H]2OP(O)(=S)Oc2c(Cl)c(Cl)c(Cl)c(Cl)c2Cl)(c2ccccc2)c2ccc(OC)cc2)cc1. The van der Waals surface area contributed by atoms with Gasteiger partial charge in [-0.25, -0.2) is 4.79 Å². The van der Waals surface area contributed by atoms with E-state index < -0.39 is 42.0 Å². The molecule has 2 heterocycles. The zero-order chi connectivity index (χ0) is 39.7. The topological polar surface area (TPSA) is 130 Å². The molecule has 0 radical (unpaired) electrons. The molecular weight excluding hydrogens is 857 g/mol. The first-order valence-corrected chi connectivity index (χ1v) is 20.9. The molecule has 0 aliphatic carbocycles. The maximum Gasteiger partial charge on any atom is 0.378 e. The Bertz CT molecular complexity index is 2270. The second kappa shape index (κ2) is 17.2. The van der Waals surface area contributed by atoms with Crippen LogP contribution in [0.4, 0.5) is 0 Å². The van der Waals surface area contributed by atoms with Crippen LogP contribution >= 0.6 is 64.7 Å². The van der Waals surface area contributed by atoms with Gasteiger partial charge in [-0.15, -0.1) is 0 Å². The minimum absolute atomic E-state index is 0.0469. The molecule has 0 bridgehead atoms. The van der Waals surface area contributed by atoms with Crippen molar-refractivity contribution in [2.24, 2.45) is 0 Å². The molecule has 1 unspecified atom stereocenters. The lowest BCUT2D eigenvalue weighted by atomic mass is 9.80. The number of nitrogens with one attached hydrogen (secondary N) is 1. The lowest BCUT2D eigenvalue weighted by molar-refractivity contribution is -0.0923.